The monoisotopic (exact) mass is 272 g/mol. The van der Waals surface area contributed by atoms with Crippen molar-refractivity contribution in [3.05, 3.63) is 28.0 Å². The molecule has 17 heavy (non-hydrogen) atoms. The molecule has 0 aliphatic heterocycles. The molecule has 0 unspecified atom stereocenters. The minimum atomic E-state index is 0.459. The van der Waals surface area contributed by atoms with Gasteiger partial charge in [0.15, 0.2) is 0 Å². The Hall–Kier alpha value is -0.310. The van der Waals surface area contributed by atoms with Gasteiger partial charge in [-0.3, -0.25) is 4.90 Å². The fraction of sp³-hybridized carbons (Fsp3) is 0.615. The van der Waals surface area contributed by atoms with Crippen molar-refractivity contribution in [1.29, 1.82) is 0 Å². The van der Waals surface area contributed by atoms with Gasteiger partial charge in [-0.05, 0) is 31.4 Å². The molecule has 1 aromatic rings. The van der Waals surface area contributed by atoms with E-state index in [0.29, 0.717) is 10.3 Å². The number of halogens is 2. The van der Waals surface area contributed by atoms with Gasteiger partial charge in [0.05, 0.1) is 0 Å². The van der Waals surface area contributed by atoms with E-state index in [1.54, 1.807) is 6.07 Å². The van der Waals surface area contributed by atoms with Gasteiger partial charge in [-0.1, -0.05) is 42.6 Å². The zero-order valence-corrected chi connectivity index (χ0v) is 11.6. The molecule has 0 spiro atoms. The third-order valence-electron chi connectivity index (χ3n) is 3.47. The molecule has 0 amide bonds. The van der Waals surface area contributed by atoms with Crippen molar-refractivity contribution in [2.24, 2.45) is 5.92 Å². The Morgan fingerprint density at radius 3 is 2.65 bits per heavy atom. The topological polar surface area (TPSA) is 16.1 Å². The van der Waals surface area contributed by atoms with Gasteiger partial charge in [0.2, 0.25) is 0 Å². The molecule has 0 saturated heterocycles. The molecule has 0 N–H and O–H groups in total. The van der Waals surface area contributed by atoms with Gasteiger partial charge in [-0.2, -0.15) is 0 Å². The summed E-state index contributed by atoms with van der Waals surface area (Å²) in [6.45, 7) is 5.29. The van der Waals surface area contributed by atoms with Gasteiger partial charge in [-0.25, -0.2) is 4.98 Å². The molecule has 2 rings (SSSR count). The third kappa shape index (κ3) is 3.57. The SMILES string of the molecule is CCN(Cc1ccc(Cl)nc1Cl)CC1CCC1. The number of aromatic nitrogens is 1. The Bertz CT molecular complexity index is 378. The number of nitrogens with zero attached hydrogens (tertiary/aromatic N) is 2. The highest BCUT2D eigenvalue weighted by atomic mass is 35.5. The first-order valence-electron chi connectivity index (χ1n) is 6.22. The quantitative estimate of drug-likeness (QED) is 0.753. The Morgan fingerprint density at radius 1 is 1.35 bits per heavy atom. The van der Waals surface area contributed by atoms with Crippen LogP contribution in [-0.2, 0) is 6.54 Å². The largest absolute Gasteiger partial charge is 0.299 e. The standard InChI is InChI=1S/C13H18Cl2N2/c1-2-17(8-10-4-3-5-10)9-11-6-7-12(14)16-13(11)15/h6-7,10H,2-5,8-9H2,1H3. The van der Waals surface area contributed by atoms with Crippen LogP contribution in [0, 0.1) is 5.92 Å². The molecule has 1 saturated carbocycles. The maximum Gasteiger partial charge on any atom is 0.135 e. The molecule has 1 heterocycles. The first-order valence-corrected chi connectivity index (χ1v) is 6.98. The molecule has 0 aromatic carbocycles. The summed E-state index contributed by atoms with van der Waals surface area (Å²) in [5, 5.41) is 0.991. The summed E-state index contributed by atoms with van der Waals surface area (Å²) in [4.78, 5) is 6.51. The number of rotatable bonds is 5. The van der Waals surface area contributed by atoms with Gasteiger partial charge < -0.3 is 0 Å². The molecular weight excluding hydrogens is 255 g/mol. The van der Waals surface area contributed by atoms with Crippen molar-refractivity contribution in [2.75, 3.05) is 13.1 Å². The van der Waals surface area contributed by atoms with E-state index >= 15 is 0 Å². The molecule has 4 heteroatoms. The Labute approximate surface area is 113 Å². The van der Waals surface area contributed by atoms with E-state index in [9.17, 15) is 0 Å². The first-order chi connectivity index (χ1) is 8.19. The van der Waals surface area contributed by atoms with Gasteiger partial charge in [0.1, 0.15) is 10.3 Å². The number of hydrogen-bond acceptors (Lipinski definition) is 2. The van der Waals surface area contributed by atoms with Gasteiger partial charge in [0, 0.05) is 18.7 Å². The molecule has 1 fully saturated rings. The molecule has 1 aliphatic carbocycles. The van der Waals surface area contributed by atoms with E-state index in [0.717, 1.165) is 24.6 Å². The zero-order valence-electron chi connectivity index (χ0n) is 10.1. The summed E-state index contributed by atoms with van der Waals surface area (Å²) in [5.74, 6) is 0.883. The van der Waals surface area contributed by atoms with E-state index in [4.69, 9.17) is 23.2 Å². The average molecular weight is 273 g/mol. The van der Waals surface area contributed by atoms with Crippen LogP contribution in [0.5, 0.6) is 0 Å². The minimum absolute atomic E-state index is 0.459. The van der Waals surface area contributed by atoms with E-state index in [2.05, 4.69) is 16.8 Å². The summed E-state index contributed by atoms with van der Waals surface area (Å²) >= 11 is 11.9. The van der Waals surface area contributed by atoms with E-state index < -0.39 is 0 Å². The first kappa shape index (κ1) is 13.1. The second-order valence-corrected chi connectivity index (χ2v) is 5.45. The lowest BCUT2D eigenvalue weighted by Gasteiger charge is -2.31. The fourth-order valence-corrected chi connectivity index (χ4v) is 2.55. The van der Waals surface area contributed by atoms with E-state index in [1.165, 1.54) is 25.8 Å². The van der Waals surface area contributed by atoms with Crippen LogP contribution < -0.4 is 0 Å². The van der Waals surface area contributed by atoms with Crippen LogP contribution in [0.4, 0.5) is 0 Å². The maximum atomic E-state index is 6.09. The molecule has 0 atom stereocenters. The van der Waals surface area contributed by atoms with Crippen LogP contribution in [-0.4, -0.2) is 23.0 Å². The molecular formula is C13H18Cl2N2. The molecule has 2 nitrogen and oxygen atoms in total. The molecule has 1 aliphatic rings. The van der Waals surface area contributed by atoms with E-state index in [1.807, 2.05) is 6.07 Å². The maximum absolute atomic E-state index is 6.09. The molecule has 0 bridgehead atoms. The van der Waals surface area contributed by atoms with Crippen LogP contribution in [0.2, 0.25) is 10.3 Å². The second-order valence-electron chi connectivity index (χ2n) is 4.71. The number of pyridine rings is 1. The smallest absolute Gasteiger partial charge is 0.135 e. The van der Waals surface area contributed by atoms with Crippen molar-refractivity contribution in [3.63, 3.8) is 0 Å². The highest BCUT2D eigenvalue weighted by Gasteiger charge is 2.20. The highest BCUT2D eigenvalue weighted by molar-refractivity contribution is 6.32. The number of hydrogen-bond donors (Lipinski definition) is 0. The Balaban J connectivity index is 1.96. The Kier molecular flexibility index (Phi) is 4.66. The van der Waals surface area contributed by atoms with Crippen LogP contribution in [0.1, 0.15) is 31.7 Å². The Morgan fingerprint density at radius 2 is 2.12 bits per heavy atom. The van der Waals surface area contributed by atoms with Crippen molar-refractivity contribution in [1.82, 2.24) is 9.88 Å². The third-order valence-corrected chi connectivity index (χ3v) is 4.01. The predicted molar refractivity (Wildman–Crippen MR) is 72.5 cm³/mol. The normalized spacial score (nSPS) is 16.2. The molecule has 0 radical (unpaired) electrons. The zero-order chi connectivity index (χ0) is 12.3. The van der Waals surface area contributed by atoms with Crippen LogP contribution in [0.3, 0.4) is 0 Å². The fourth-order valence-electron chi connectivity index (χ4n) is 2.15. The summed E-state index contributed by atoms with van der Waals surface area (Å²) < 4.78 is 0. The van der Waals surface area contributed by atoms with Crippen molar-refractivity contribution < 1.29 is 0 Å². The average Bonchev–Trinajstić information content (AvgIpc) is 2.24. The van der Waals surface area contributed by atoms with Gasteiger partial charge >= 0.3 is 0 Å². The minimum Gasteiger partial charge on any atom is -0.299 e. The molecule has 94 valence electrons. The lowest BCUT2D eigenvalue weighted by molar-refractivity contribution is 0.178. The second kappa shape index (κ2) is 6.03. The van der Waals surface area contributed by atoms with Crippen molar-refractivity contribution in [3.8, 4) is 0 Å². The van der Waals surface area contributed by atoms with Crippen molar-refractivity contribution in [2.45, 2.75) is 32.7 Å². The van der Waals surface area contributed by atoms with E-state index in [-0.39, 0.29) is 0 Å². The highest BCUT2D eigenvalue weighted by Crippen LogP contribution is 2.28. The molecule has 1 aromatic heterocycles. The summed E-state index contributed by atoms with van der Waals surface area (Å²) in [6.07, 6.45) is 4.15. The summed E-state index contributed by atoms with van der Waals surface area (Å²) in [6, 6.07) is 3.78. The van der Waals surface area contributed by atoms with Crippen LogP contribution >= 0.6 is 23.2 Å². The van der Waals surface area contributed by atoms with Gasteiger partial charge in [-0.15, -0.1) is 0 Å². The van der Waals surface area contributed by atoms with Crippen molar-refractivity contribution >= 4 is 23.2 Å². The summed E-state index contributed by atoms with van der Waals surface area (Å²) in [7, 11) is 0. The lowest BCUT2D eigenvalue weighted by Crippen LogP contribution is -2.32. The van der Waals surface area contributed by atoms with Crippen LogP contribution in [0.15, 0.2) is 12.1 Å². The lowest BCUT2D eigenvalue weighted by atomic mass is 9.85. The summed E-state index contributed by atoms with van der Waals surface area (Å²) in [5.41, 5.74) is 1.07. The predicted octanol–water partition coefficient (Wildman–Crippen LogP) is 4.01. The van der Waals surface area contributed by atoms with Crippen LogP contribution in [0.25, 0.3) is 0 Å². The van der Waals surface area contributed by atoms with Gasteiger partial charge in [0.25, 0.3) is 0 Å².